The highest BCUT2D eigenvalue weighted by atomic mass is 35.5. The van der Waals surface area contributed by atoms with Crippen molar-refractivity contribution in [3.05, 3.63) is 65.3 Å². The number of halogens is 2. The Labute approximate surface area is 172 Å². The van der Waals surface area contributed by atoms with Crippen molar-refractivity contribution in [2.75, 3.05) is 18.9 Å². The molecule has 1 aromatic heterocycles. The number of hydrogen-bond donors (Lipinski definition) is 2. The molecule has 1 heterocycles. The molecular formula is C19H18ClFN4O3S. The summed E-state index contributed by atoms with van der Waals surface area (Å²) < 4.78 is 43.2. The van der Waals surface area contributed by atoms with Crippen LogP contribution in [-0.4, -0.2) is 37.3 Å². The summed E-state index contributed by atoms with van der Waals surface area (Å²) in [5, 5.41) is 2.59. The highest BCUT2D eigenvalue weighted by molar-refractivity contribution is 7.89. The molecule has 0 bridgehead atoms. The zero-order valence-corrected chi connectivity index (χ0v) is 17.2. The molecule has 0 aliphatic heterocycles. The van der Waals surface area contributed by atoms with Gasteiger partial charge in [-0.25, -0.2) is 22.5 Å². The lowest BCUT2D eigenvalue weighted by atomic mass is 10.0. The van der Waals surface area contributed by atoms with Gasteiger partial charge in [-0.15, -0.1) is 0 Å². The molecule has 0 unspecified atom stereocenters. The van der Waals surface area contributed by atoms with Gasteiger partial charge in [-0.1, -0.05) is 17.7 Å². The van der Waals surface area contributed by atoms with E-state index >= 15 is 0 Å². The summed E-state index contributed by atoms with van der Waals surface area (Å²) in [6, 6.07) is 8.76. The number of benzene rings is 2. The fraction of sp³-hybridized carbons (Fsp3) is 0.158. The van der Waals surface area contributed by atoms with Crippen LogP contribution in [0.2, 0.25) is 5.02 Å². The zero-order valence-electron chi connectivity index (χ0n) is 15.6. The zero-order chi connectivity index (χ0) is 21.2. The molecule has 29 heavy (non-hydrogen) atoms. The summed E-state index contributed by atoms with van der Waals surface area (Å²) in [4.78, 5) is 16.7. The molecule has 0 fully saturated rings. The molecule has 2 aromatic carbocycles. The number of hydrogen-bond acceptors (Lipinski definition) is 5. The van der Waals surface area contributed by atoms with Crippen molar-refractivity contribution in [2.24, 2.45) is 7.05 Å². The van der Waals surface area contributed by atoms with Crippen molar-refractivity contribution >= 4 is 33.1 Å². The Kier molecular flexibility index (Phi) is 6.02. The highest BCUT2D eigenvalue weighted by Gasteiger charge is 2.21. The quantitative estimate of drug-likeness (QED) is 0.555. The van der Waals surface area contributed by atoms with Gasteiger partial charge in [-0.2, -0.15) is 0 Å². The third kappa shape index (κ3) is 4.64. The number of sulfonamides is 1. The SMILES string of the molecule is CNc1cccc(S(=O)(=O)NCC(=O)c2cc(-c3cn(C)cn3)cc(Cl)c2F)c1. The van der Waals surface area contributed by atoms with Crippen molar-refractivity contribution in [1.29, 1.82) is 0 Å². The molecule has 0 saturated heterocycles. The first-order chi connectivity index (χ1) is 13.7. The van der Waals surface area contributed by atoms with Crippen LogP contribution < -0.4 is 10.0 Å². The topological polar surface area (TPSA) is 93.1 Å². The van der Waals surface area contributed by atoms with Gasteiger partial charge in [0.25, 0.3) is 0 Å². The molecule has 10 heteroatoms. The first-order valence-electron chi connectivity index (χ1n) is 8.49. The number of ketones is 1. The number of anilines is 1. The van der Waals surface area contributed by atoms with Gasteiger partial charge in [0.05, 0.1) is 34.0 Å². The largest absolute Gasteiger partial charge is 0.388 e. The molecule has 0 amide bonds. The molecule has 0 saturated carbocycles. The summed E-state index contributed by atoms with van der Waals surface area (Å²) in [6.07, 6.45) is 3.25. The molecule has 7 nitrogen and oxygen atoms in total. The summed E-state index contributed by atoms with van der Waals surface area (Å²) in [5.41, 5.74) is 1.24. The van der Waals surface area contributed by atoms with Crippen LogP contribution in [0, 0.1) is 5.82 Å². The van der Waals surface area contributed by atoms with Crippen molar-refractivity contribution in [1.82, 2.24) is 14.3 Å². The molecule has 0 spiro atoms. The molecule has 0 aliphatic carbocycles. The predicted molar refractivity (Wildman–Crippen MR) is 109 cm³/mol. The van der Waals surface area contributed by atoms with Crippen molar-refractivity contribution in [2.45, 2.75) is 4.90 Å². The average Bonchev–Trinajstić information content (AvgIpc) is 3.14. The molecule has 0 aliphatic rings. The van der Waals surface area contributed by atoms with E-state index in [0.29, 0.717) is 16.9 Å². The molecule has 152 valence electrons. The number of imidazole rings is 1. The number of rotatable bonds is 7. The lowest BCUT2D eigenvalue weighted by Gasteiger charge is -2.10. The number of aromatic nitrogens is 2. The second-order valence-corrected chi connectivity index (χ2v) is 8.44. The van der Waals surface area contributed by atoms with Gasteiger partial charge in [-0.3, -0.25) is 4.79 Å². The van der Waals surface area contributed by atoms with Crippen molar-refractivity contribution in [3.63, 3.8) is 0 Å². The van der Waals surface area contributed by atoms with Crippen LogP contribution in [-0.2, 0) is 17.1 Å². The molecule has 2 N–H and O–H groups in total. The first kappa shape index (κ1) is 21.0. The summed E-state index contributed by atoms with van der Waals surface area (Å²) in [6.45, 7) is -0.620. The fourth-order valence-corrected chi connectivity index (χ4v) is 3.91. The number of Topliss-reactive ketones (excluding diaryl/α,β-unsaturated/α-hetero) is 1. The Morgan fingerprint density at radius 3 is 2.69 bits per heavy atom. The molecule has 3 rings (SSSR count). The Morgan fingerprint density at radius 1 is 1.28 bits per heavy atom. The van der Waals surface area contributed by atoms with Gasteiger partial charge in [0.2, 0.25) is 10.0 Å². The standard InChI is InChI=1S/C19H18ClFN4O3S/c1-22-13-4-3-5-14(8-13)29(27,28)24-9-18(26)15-6-12(7-16(20)19(15)21)17-10-25(2)11-23-17/h3-8,10-11,22,24H,9H2,1-2H3. The lowest BCUT2D eigenvalue weighted by molar-refractivity contribution is 0.0993. The van der Waals surface area contributed by atoms with Crippen LogP contribution in [0.1, 0.15) is 10.4 Å². The number of carbonyl (C=O) groups is 1. The maximum absolute atomic E-state index is 14.4. The Hall–Kier alpha value is -2.75. The number of nitrogens with zero attached hydrogens (tertiary/aromatic N) is 2. The first-order valence-corrected chi connectivity index (χ1v) is 10.4. The third-order valence-electron chi connectivity index (χ3n) is 4.19. The summed E-state index contributed by atoms with van der Waals surface area (Å²) in [7, 11) is -0.534. The van der Waals surface area contributed by atoms with Gasteiger partial charge < -0.3 is 9.88 Å². The summed E-state index contributed by atoms with van der Waals surface area (Å²) >= 11 is 5.93. The van der Waals surface area contributed by atoms with E-state index in [1.54, 1.807) is 43.3 Å². The lowest BCUT2D eigenvalue weighted by Crippen LogP contribution is -2.30. The average molecular weight is 437 g/mol. The van der Waals surface area contributed by atoms with Crippen LogP contribution >= 0.6 is 11.6 Å². The van der Waals surface area contributed by atoms with Crippen LogP contribution in [0.4, 0.5) is 10.1 Å². The minimum absolute atomic E-state index is 0.0158. The Morgan fingerprint density at radius 2 is 2.03 bits per heavy atom. The smallest absolute Gasteiger partial charge is 0.241 e. The second kappa shape index (κ2) is 8.32. The number of carbonyl (C=O) groups excluding carboxylic acids is 1. The van der Waals surface area contributed by atoms with Crippen LogP contribution in [0.15, 0.2) is 53.8 Å². The van der Waals surface area contributed by atoms with E-state index in [9.17, 15) is 17.6 Å². The predicted octanol–water partition coefficient (Wildman–Crippen LogP) is 3.08. The van der Waals surface area contributed by atoms with E-state index in [-0.39, 0.29) is 15.5 Å². The third-order valence-corrected chi connectivity index (χ3v) is 5.86. The summed E-state index contributed by atoms with van der Waals surface area (Å²) in [5.74, 6) is -1.66. The minimum atomic E-state index is -3.96. The minimum Gasteiger partial charge on any atom is -0.388 e. The van der Waals surface area contributed by atoms with E-state index in [2.05, 4.69) is 15.0 Å². The highest BCUT2D eigenvalue weighted by Crippen LogP contribution is 2.27. The van der Waals surface area contributed by atoms with Gasteiger partial charge >= 0.3 is 0 Å². The maximum atomic E-state index is 14.4. The molecule has 0 radical (unpaired) electrons. The van der Waals surface area contributed by atoms with Crippen molar-refractivity contribution < 1.29 is 17.6 Å². The van der Waals surface area contributed by atoms with Crippen LogP contribution in [0.25, 0.3) is 11.3 Å². The Bertz CT molecular complexity index is 1180. The van der Waals surface area contributed by atoms with Crippen LogP contribution in [0.5, 0.6) is 0 Å². The number of aryl methyl sites for hydroxylation is 1. The van der Waals surface area contributed by atoms with E-state index in [4.69, 9.17) is 11.6 Å². The van der Waals surface area contributed by atoms with E-state index < -0.39 is 28.2 Å². The maximum Gasteiger partial charge on any atom is 0.241 e. The molecule has 0 atom stereocenters. The van der Waals surface area contributed by atoms with E-state index in [0.717, 1.165) is 0 Å². The van der Waals surface area contributed by atoms with Gasteiger partial charge in [-0.05, 0) is 30.3 Å². The van der Waals surface area contributed by atoms with Gasteiger partial charge in [0.15, 0.2) is 11.6 Å². The van der Waals surface area contributed by atoms with Crippen LogP contribution in [0.3, 0.4) is 0 Å². The normalized spacial score (nSPS) is 11.4. The Balaban J connectivity index is 1.84. The van der Waals surface area contributed by atoms with E-state index in [1.807, 2.05) is 0 Å². The van der Waals surface area contributed by atoms with E-state index in [1.165, 1.54) is 24.3 Å². The fourth-order valence-electron chi connectivity index (χ4n) is 2.66. The molecule has 3 aromatic rings. The number of nitrogens with one attached hydrogen (secondary N) is 2. The monoisotopic (exact) mass is 436 g/mol. The van der Waals surface area contributed by atoms with Crippen molar-refractivity contribution in [3.8, 4) is 11.3 Å². The second-order valence-electron chi connectivity index (χ2n) is 6.27. The van der Waals surface area contributed by atoms with Gasteiger partial charge in [0, 0.05) is 31.5 Å². The molecular weight excluding hydrogens is 419 g/mol. The van der Waals surface area contributed by atoms with Gasteiger partial charge in [0.1, 0.15) is 0 Å².